The van der Waals surface area contributed by atoms with Crippen molar-refractivity contribution in [3.05, 3.63) is 63.6 Å². The molecule has 2 aromatic rings. The molecule has 0 aliphatic carbocycles. The molecule has 0 unspecified atom stereocenters. The number of methoxy groups -OCH3 is 1. The minimum absolute atomic E-state index is 0.243. The van der Waals surface area contributed by atoms with Crippen LogP contribution in [-0.2, 0) is 11.2 Å². The number of rotatable bonds is 5. The van der Waals surface area contributed by atoms with Crippen molar-refractivity contribution in [2.75, 3.05) is 12.4 Å². The first kappa shape index (κ1) is 17.4. The molecule has 2 aromatic carbocycles. The highest BCUT2D eigenvalue weighted by molar-refractivity contribution is 6.36. The summed E-state index contributed by atoms with van der Waals surface area (Å²) in [4.78, 5) is 12.0. The lowest BCUT2D eigenvalue weighted by molar-refractivity contribution is -0.111. The van der Waals surface area contributed by atoms with Gasteiger partial charge < -0.3 is 10.1 Å². The molecule has 0 bridgehead atoms. The van der Waals surface area contributed by atoms with Gasteiger partial charge in [-0.15, -0.1) is 0 Å². The molecule has 2 rings (SSSR count). The number of ether oxygens (including phenoxy) is 1. The SMILES string of the molecule is CCc1ccc(NC(=O)C=Cc2cc(Cl)cc(Cl)c2OC)cc1. The zero-order valence-electron chi connectivity index (χ0n) is 12.9. The van der Waals surface area contributed by atoms with Crippen molar-refractivity contribution in [3.8, 4) is 5.75 Å². The minimum atomic E-state index is -0.243. The Morgan fingerprint density at radius 2 is 1.91 bits per heavy atom. The Kier molecular flexibility index (Phi) is 6.08. The van der Waals surface area contributed by atoms with Gasteiger partial charge >= 0.3 is 0 Å². The minimum Gasteiger partial charge on any atom is -0.495 e. The molecule has 0 fully saturated rings. The van der Waals surface area contributed by atoms with Gasteiger partial charge in [0.2, 0.25) is 5.91 Å². The van der Waals surface area contributed by atoms with E-state index in [9.17, 15) is 4.79 Å². The van der Waals surface area contributed by atoms with E-state index in [2.05, 4.69) is 12.2 Å². The van der Waals surface area contributed by atoms with Gasteiger partial charge in [0.15, 0.2) is 0 Å². The van der Waals surface area contributed by atoms with Gasteiger partial charge in [-0.1, -0.05) is 42.3 Å². The highest BCUT2D eigenvalue weighted by Crippen LogP contribution is 2.32. The van der Waals surface area contributed by atoms with E-state index in [1.807, 2.05) is 24.3 Å². The highest BCUT2D eigenvalue weighted by atomic mass is 35.5. The fraction of sp³-hybridized carbons (Fsp3) is 0.167. The standard InChI is InChI=1S/C18H17Cl2NO2/c1-3-12-4-7-15(8-5-12)21-17(22)9-6-13-10-14(19)11-16(20)18(13)23-2/h4-11H,3H2,1-2H3,(H,21,22). The Labute approximate surface area is 145 Å². The van der Waals surface area contributed by atoms with Gasteiger partial charge in [0.25, 0.3) is 0 Å². The second kappa shape index (κ2) is 8.04. The molecule has 0 aliphatic rings. The largest absolute Gasteiger partial charge is 0.495 e. The number of anilines is 1. The highest BCUT2D eigenvalue weighted by Gasteiger charge is 2.08. The van der Waals surface area contributed by atoms with Crippen LogP contribution in [0, 0.1) is 0 Å². The Morgan fingerprint density at radius 1 is 1.22 bits per heavy atom. The summed E-state index contributed by atoms with van der Waals surface area (Å²) in [6.45, 7) is 2.08. The summed E-state index contributed by atoms with van der Waals surface area (Å²) < 4.78 is 5.23. The predicted octanol–water partition coefficient (Wildman–Crippen LogP) is 5.22. The normalized spacial score (nSPS) is 10.8. The van der Waals surface area contributed by atoms with Crippen LogP contribution in [0.5, 0.6) is 5.75 Å². The average molecular weight is 350 g/mol. The summed E-state index contributed by atoms with van der Waals surface area (Å²) >= 11 is 12.0. The van der Waals surface area contributed by atoms with E-state index < -0.39 is 0 Å². The first-order valence-electron chi connectivity index (χ1n) is 7.14. The summed E-state index contributed by atoms with van der Waals surface area (Å²) in [6, 6.07) is 11.0. The van der Waals surface area contributed by atoms with Crippen LogP contribution in [0.15, 0.2) is 42.5 Å². The predicted molar refractivity (Wildman–Crippen MR) is 96.5 cm³/mol. The molecule has 23 heavy (non-hydrogen) atoms. The van der Waals surface area contributed by atoms with Crippen LogP contribution in [0.3, 0.4) is 0 Å². The van der Waals surface area contributed by atoms with Crippen molar-refractivity contribution in [1.29, 1.82) is 0 Å². The zero-order chi connectivity index (χ0) is 16.8. The summed E-state index contributed by atoms with van der Waals surface area (Å²) in [5.41, 5.74) is 2.60. The molecule has 3 nitrogen and oxygen atoms in total. The van der Waals surface area contributed by atoms with E-state index in [1.165, 1.54) is 18.7 Å². The average Bonchev–Trinajstić information content (AvgIpc) is 2.53. The van der Waals surface area contributed by atoms with E-state index in [0.29, 0.717) is 21.4 Å². The first-order chi connectivity index (χ1) is 11.0. The monoisotopic (exact) mass is 349 g/mol. The molecule has 1 amide bonds. The Morgan fingerprint density at radius 3 is 2.52 bits per heavy atom. The molecule has 5 heteroatoms. The molecule has 0 saturated carbocycles. The quantitative estimate of drug-likeness (QED) is 0.751. The number of aryl methyl sites for hydroxylation is 1. The van der Waals surface area contributed by atoms with E-state index in [4.69, 9.17) is 27.9 Å². The molecule has 0 aromatic heterocycles. The van der Waals surface area contributed by atoms with Gasteiger partial charge in [-0.05, 0) is 42.3 Å². The van der Waals surface area contributed by atoms with Gasteiger partial charge in [0.05, 0.1) is 12.1 Å². The molecular weight excluding hydrogens is 333 g/mol. The maximum Gasteiger partial charge on any atom is 0.248 e. The second-order valence-electron chi connectivity index (χ2n) is 4.88. The van der Waals surface area contributed by atoms with Gasteiger partial charge in [-0.3, -0.25) is 4.79 Å². The van der Waals surface area contributed by atoms with Crippen molar-refractivity contribution in [3.63, 3.8) is 0 Å². The van der Waals surface area contributed by atoms with Crippen LogP contribution >= 0.6 is 23.2 Å². The Bertz CT molecular complexity index is 725. The smallest absolute Gasteiger partial charge is 0.248 e. The lowest BCUT2D eigenvalue weighted by Gasteiger charge is -2.08. The fourth-order valence-corrected chi connectivity index (χ4v) is 2.68. The molecule has 0 saturated heterocycles. The number of hydrogen-bond acceptors (Lipinski definition) is 2. The van der Waals surface area contributed by atoms with Crippen molar-refractivity contribution >= 4 is 40.9 Å². The molecule has 1 N–H and O–H groups in total. The van der Waals surface area contributed by atoms with E-state index in [1.54, 1.807) is 18.2 Å². The molecule has 0 atom stereocenters. The van der Waals surface area contributed by atoms with Crippen LogP contribution in [0.2, 0.25) is 10.0 Å². The third-order valence-corrected chi connectivity index (χ3v) is 3.78. The lowest BCUT2D eigenvalue weighted by Crippen LogP contribution is -2.07. The number of carbonyl (C=O) groups excluding carboxylic acids is 1. The Balaban J connectivity index is 2.11. The van der Waals surface area contributed by atoms with Gasteiger partial charge in [0, 0.05) is 22.3 Å². The number of hydrogen-bond donors (Lipinski definition) is 1. The van der Waals surface area contributed by atoms with Crippen molar-refractivity contribution < 1.29 is 9.53 Å². The lowest BCUT2D eigenvalue weighted by atomic mass is 10.1. The van der Waals surface area contributed by atoms with Crippen LogP contribution in [0.25, 0.3) is 6.08 Å². The molecular formula is C18H17Cl2NO2. The van der Waals surface area contributed by atoms with Crippen LogP contribution in [0.1, 0.15) is 18.1 Å². The maximum atomic E-state index is 12.0. The number of amides is 1. The van der Waals surface area contributed by atoms with Crippen LogP contribution in [-0.4, -0.2) is 13.0 Å². The summed E-state index contributed by atoms with van der Waals surface area (Å²) in [6.07, 6.45) is 3.99. The summed E-state index contributed by atoms with van der Waals surface area (Å²) in [7, 11) is 1.52. The molecule has 0 spiro atoms. The number of benzene rings is 2. The van der Waals surface area contributed by atoms with Crippen LogP contribution < -0.4 is 10.1 Å². The van der Waals surface area contributed by atoms with Gasteiger partial charge in [0.1, 0.15) is 5.75 Å². The Hall–Kier alpha value is -1.97. The summed E-state index contributed by atoms with van der Waals surface area (Å²) in [5, 5.41) is 3.67. The maximum absolute atomic E-state index is 12.0. The van der Waals surface area contributed by atoms with Gasteiger partial charge in [-0.25, -0.2) is 0 Å². The van der Waals surface area contributed by atoms with Crippen molar-refractivity contribution in [2.24, 2.45) is 0 Å². The third kappa shape index (κ3) is 4.75. The zero-order valence-corrected chi connectivity index (χ0v) is 14.4. The van der Waals surface area contributed by atoms with Gasteiger partial charge in [-0.2, -0.15) is 0 Å². The molecule has 0 heterocycles. The van der Waals surface area contributed by atoms with Crippen LogP contribution in [0.4, 0.5) is 5.69 Å². The molecule has 0 aliphatic heterocycles. The van der Waals surface area contributed by atoms with E-state index >= 15 is 0 Å². The topological polar surface area (TPSA) is 38.3 Å². The van der Waals surface area contributed by atoms with Crippen molar-refractivity contribution in [2.45, 2.75) is 13.3 Å². The van der Waals surface area contributed by atoms with Crippen molar-refractivity contribution in [1.82, 2.24) is 0 Å². The molecule has 0 radical (unpaired) electrons. The molecule has 120 valence electrons. The number of carbonyl (C=O) groups is 1. The second-order valence-corrected chi connectivity index (χ2v) is 5.73. The first-order valence-corrected chi connectivity index (χ1v) is 7.90. The third-order valence-electron chi connectivity index (χ3n) is 3.29. The number of nitrogens with one attached hydrogen (secondary N) is 1. The summed E-state index contributed by atoms with van der Waals surface area (Å²) in [5.74, 6) is 0.236. The van der Waals surface area contributed by atoms with E-state index in [0.717, 1.165) is 12.1 Å². The number of halogens is 2. The fourth-order valence-electron chi connectivity index (χ4n) is 2.09. The van der Waals surface area contributed by atoms with E-state index in [-0.39, 0.29) is 5.91 Å².